The van der Waals surface area contributed by atoms with Crippen LogP contribution in [0.4, 0.5) is 0 Å². The maximum Gasteiger partial charge on any atom is 0.221 e. The maximum atomic E-state index is 12.0. The summed E-state index contributed by atoms with van der Waals surface area (Å²) in [5.41, 5.74) is 1.42. The molecule has 3 rings (SSSR count). The Kier molecular flexibility index (Phi) is 3.12. The van der Waals surface area contributed by atoms with Crippen LogP contribution in [0.2, 0.25) is 0 Å². The fourth-order valence-electron chi connectivity index (χ4n) is 4.57. The molecule has 0 radical (unpaired) electrons. The van der Waals surface area contributed by atoms with Crippen molar-refractivity contribution < 1.29 is 4.79 Å². The molecule has 3 atom stereocenters. The first-order valence-electron chi connectivity index (χ1n) is 7.43. The van der Waals surface area contributed by atoms with Crippen LogP contribution in [0.15, 0.2) is 30.3 Å². The summed E-state index contributed by atoms with van der Waals surface area (Å²) in [5, 5.41) is 3.23. The number of hydrogen-bond donors (Lipinski definition) is 1. The molecule has 2 aliphatic rings. The van der Waals surface area contributed by atoms with E-state index in [1.165, 1.54) is 24.8 Å². The summed E-state index contributed by atoms with van der Waals surface area (Å²) >= 11 is 0. The van der Waals surface area contributed by atoms with Crippen LogP contribution in [0.5, 0.6) is 0 Å². The van der Waals surface area contributed by atoms with Crippen LogP contribution in [0, 0.1) is 17.3 Å². The minimum atomic E-state index is 0.148. The van der Waals surface area contributed by atoms with Gasteiger partial charge < -0.3 is 5.32 Å². The average Bonchev–Trinajstić information content (AvgIpc) is 2.65. The quantitative estimate of drug-likeness (QED) is 0.816. The van der Waals surface area contributed by atoms with E-state index in [1.54, 1.807) is 0 Å². The third-order valence-electron chi connectivity index (χ3n) is 4.88. The van der Waals surface area contributed by atoms with Crippen molar-refractivity contribution in [3.63, 3.8) is 0 Å². The summed E-state index contributed by atoms with van der Waals surface area (Å²) in [5.74, 6) is 1.68. The summed E-state index contributed by atoms with van der Waals surface area (Å²) in [4.78, 5) is 12.0. The lowest BCUT2D eigenvalue weighted by atomic mass is 9.61. The van der Waals surface area contributed by atoms with Crippen LogP contribution in [-0.4, -0.2) is 5.91 Å². The molecule has 19 heavy (non-hydrogen) atoms. The molecule has 1 N–H and O–H groups in total. The highest BCUT2D eigenvalue weighted by atomic mass is 16.2. The summed E-state index contributed by atoms with van der Waals surface area (Å²) in [6, 6.07) is 10.7. The molecule has 102 valence electrons. The minimum Gasteiger partial charge on any atom is -0.349 e. The lowest BCUT2D eigenvalue weighted by Crippen LogP contribution is -2.36. The molecule has 1 aromatic carbocycles. The fourth-order valence-corrected chi connectivity index (χ4v) is 4.57. The van der Waals surface area contributed by atoms with Gasteiger partial charge in [0, 0.05) is 11.8 Å². The summed E-state index contributed by atoms with van der Waals surface area (Å²) in [6.07, 6.45) is 4.37. The van der Waals surface area contributed by atoms with E-state index in [0.29, 0.717) is 6.42 Å². The Morgan fingerprint density at radius 1 is 1.11 bits per heavy atom. The van der Waals surface area contributed by atoms with Gasteiger partial charge in [-0.1, -0.05) is 44.2 Å². The topological polar surface area (TPSA) is 29.1 Å². The Labute approximate surface area is 115 Å². The number of nitrogens with one attached hydrogen (secondary N) is 1. The molecule has 1 amide bonds. The molecule has 1 aliphatic heterocycles. The first-order valence-corrected chi connectivity index (χ1v) is 7.43. The van der Waals surface area contributed by atoms with Gasteiger partial charge in [-0.15, -0.1) is 0 Å². The van der Waals surface area contributed by atoms with E-state index in [-0.39, 0.29) is 17.4 Å². The standard InChI is InChI=1S/C17H23NO/c1-12-8-13(2)10-17(9-12)11-15(19)18-16(17)14-6-4-3-5-7-14/h3-7,12-13,16H,8-11H2,1-2H3,(H,18,19). The van der Waals surface area contributed by atoms with Crippen LogP contribution >= 0.6 is 0 Å². The Bertz CT molecular complexity index is 457. The lowest BCUT2D eigenvalue weighted by molar-refractivity contribution is -0.120. The van der Waals surface area contributed by atoms with Crippen molar-refractivity contribution in [2.24, 2.45) is 17.3 Å². The van der Waals surface area contributed by atoms with Gasteiger partial charge in [0.15, 0.2) is 0 Å². The molecule has 1 spiro atoms. The van der Waals surface area contributed by atoms with Crippen LogP contribution in [0.25, 0.3) is 0 Å². The fraction of sp³-hybridized carbons (Fsp3) is 0.588. The average molecular weight is 257 g/mol. The van der Waals surface area contributed by atoms with Gasteiger partial charge >= 0.3 is 0 Å². The third-order valence-corrected chi connectivity index (χ3v) is 4.88. The largest absolute Gasteiger partial charge is 0.349 e. The molecule has 3 unspecified atom stereocenters. The van der Waals surface area contributed by atoms with Gasteiger partial charge in [0.05, 0.1) is 6.04 Å². The second-order valence-corrected chi connectivity index (χ2v) is 6.80. The molecule has 2 heteroatoms. The Hall–Kier alpha value is -1.31. The van der Waals surface area contributed by atoms with Gasteiger partial charge in [-0.3, -0.25) is 4.79 Å². The molecular formula is C17H23NO. The van der Waals surface area contributed by atoms with E-state index in [1.807, 2.05) is 6.07 Å². The van der Waals surface area contributed by atoms with Crippen LogP contribution in [-0.2, 0) is 4.79 Å². The first-order chi connectivity index (χ1) is 9.09. The van der Waals surface area contributed by atoms with Gasteiger partial charge in [0.25, 0.3) is 0 Å². The molecule has 0 bridgehead atoms. The van der Waals surface area contributed by atoms with Crippen molar-refractivity contribution in [1.82, 2.24) is 5.32 Å². The van der Waals surface area contributed by atoms with E-state index in [4.69, 9.17) is 0 Å². The molecule has 1 saturated carbocycles. The molecule has 1 heterocycles. The highest BCUT2D eigenvalue weighted by Gasteiger charge is 2.50. The van der Waals surface area contributed by atoms with E-state index in [9.17, 15) is 4.79 Å². The highest BCUT2D eigenvalue weighted by Crippen LogP contribution is 2.54. The van der Waals surface area contributed by atoms with Gasteiger partial charge in [0.1, 0.15) is 0 Å². The van der Waals surface area contributed by atoms with Crippen molar-refractivity contribution in [1.29, 1.82) is 0 Å². The monoisotopic (exact) mass is 257 g/mol. The zero-order valence-corrected chi connectivity index (χ0v) is 11.9. The number of carbonyl (C=O) groups excluding carboxylic acids is 1. The smallest absolute Gasteiger partial charge is 0.221 e. The van der Waals surface area contributed by atoms with Crippen molar-refractivity contribution in [2.75, 3.05) is 0 Å². The number of rotatable bonds is 1. The van der Waals surface area contributed by atoms with Gasteiger partial charge in [-0.2, -0.15) is 0 Å². The SMILES string of the molecule is CC1CC(C)CC2(CC(=O)NC2c2ccccc2)C1. The van der Waals surface area contributed by atoms with Gasteiger partial charge in [-0.05, 0) is 36.7 Å². The molecule has 2 fully saturated rings. The van der Waals surface area contributed by atoms with Crippen molar-refractivity contribution in [2.45, 2.75) is 45.6 Å². The Morgan fingerprint density at radius 3 is 2.37 bits per heavy atom. The van der Waals surface area contributed by atoms with Gasteiger partial charge in [0.2, 0.25) is 5.91 Å². The Balaban J connectivity index is 1.96. The van der Waals surface area contributed by atoms with Crippen molar-refractivity contribution in [3.05, 3.63) is 35.9 Å². The second-order valence-electron chi connectivity index (χ2n) is 6.80. The van der Waals surface area contributed by atoms with Crippen molar-refractivity contribution >= 4 is 5.91 Å². The summed E-state index contributed by atoms with van der Waals surface area (Å²) < 4.78 is 0. The van der Waals surface area contributed by atoms with E-state index in [0.717, 1.165) is 11.8 Å². The number of benzene rings is 1. The summed E-state index contributed by atoms with van der Waals surface area (Å²) in [6.45, 7) is 4.67. The third kappa shape index (κ3) is 2.29. The Morgan fingerprint density at radius 2 is 1.74 bits per heavy atom. The zero-order valence-electron chi connectivity index (χ0n) is 11.9. The van der Waals surface area contributed by atoms with Gasteiger partial charge in [-0.25, -0.2) is 0 Å². The zero-order chi connectivity index (χ0) is 13.5. The van der Waals surface area contributed by atoms with E-state index in [2.05, 4.69) is 43.4 Å². The predicted octanol–water partition coefficient (Wildman–Crippen LogP) is 3.69. The number of amides is 1. The second kappa shape index (κ2) is 4.66. The molecule has 1 aromatic rings. The summed E-state index contributed by atoms with van der Waals surface area (Å²) in [7, 11) is 0. The van der Waals surface area contributed by atoms with E-state index >= 15 is 0 Å². The number of hydrogen-bond acceptors (Lipinski definition) is 1. The van der Waals surface area contributed by atoms with Crippen molar-refractivity contribution in [3.8, 4) is 0 Å². The first kappa shape index (κ1) is 12.7. The van der Waals surface area contributed by atoms with Crippen LogP contribution < -0.4 is 5.32 Å². The maximum absolute atomic E-state index is 12.0. The van der Waals surface area contributed by atoms with Crippen LogP contribution in [0.1, 0.15) is 51.1 Å². The minimum absolute atomic E-state index is 0.148. The van der Waals surface area contributed by atoms with Crippen LogP contribution in [0.3, 0.4) is 0 Å². The molecule has 1 aliphatic carbocycles. The highest BCUT2D eigenvalue weighted by molar-refractivity contribution is 5.80. The molecule has 1 saturated heterocycles. The molecule has 0 aromatic heterocycles. The lowest BCUT2D eigenvalue weighted by Gasteiger charge is -2.43. The molecular weight excluding hydrogens is 234 g/mol. The normalized spacial score (nSPS) is 38.4. The predicted molar refractivity (Wildman–Crippen MR) is 76.6 cm³/mol. The number of carbonyl (C=O) groups is 1. The molecule has 2 nitrogen and oxygen atoms in total. The van der Waals surface area contributed by atoms with E-state index < -0.39 is 0 Å².